The molecule has 6 nitrogen and oxygen atoms in total. The van der Waals surface area contributed by atoms with E-state index in [9.17, 15) is 5.11 Å². The van der Waals surface area contributed by atoms with Crippen LogP contribution >= 0.6 is 0 Å². The Labute approximate surface area is 82.3 Å². The van der Waals surface area contributed by atoms with Gasteiger partial charge in [0, 0.05) is 26.2 Å². The van der Waals surface area contributed by atoms with Crippen molar-refractivity contribution < 1.29 is 5.11 Å². The third-order valence-electron chi connectivity index (χ3n) is 2.46. The third-order valence-corrected chi connectivity index (χ3v) is 2.46. The molecule has 0 saturated carbocycles. The fourth-order valence-electron chi connectivity index (χ4n) is 1.64. The molecule has 1 aromatic heterocycles. The predicted molar refractivity (Wildman–Crippen MR) is 50.4 cm³/mol. The van der Waals surface area contributed by atoms with Gasteiger partial charge in [0.15, 0.2) is 0 Å². The molecule has 1 aromatic rings. The summed E-state index contributed by atoms with van der Waals surface area (Å²) in [5, 5.41) is 17.2. The fraction of sp³-hybridized carbons (Fsp3) is 0.750. The molecule has 0 spiro atoms. The van der Waals surface area contributed by atoms with Gasteiger partial charge in [0.2, 0.25) is 0 Å². The second kappa shape index (κ2) is 4.04. The number of fused-ring (bicyclic) bond motifs is 1. The van der Waals surface area contributed by atoms with Crippen molar-refractivity contribution in [2.75, 3.05) is 19.6 Å². The minimum atomic E-state index is -0.440. The second-order valence-electron chi connectivity index (χ2n) is 3.57. The summed E-state index contributed by atoms with van der Waals surface area (Å²) in [6, 6.07) is 0. The van der Waals surface area contributed by atoms with Crippen molar-refractivity contribution in [2.45, 2.75) is 19.2 Å². The Balaban J connectivity index is 1.94. The standard InChI is InChI=1S/C8H15N5O/c9-3-7(14)4-12-1-2-13-6-10-11-8(13)5-12/h6-7,14H,1-5,9H2. The van der Waals surface area contributed by atoms with Crippen LogP contribution in [-0.4, -0.2) is 50.5 Å². The predicted octanol–water partition coefficient (Wildman–Crippen LogP) is -1.59. The number of hydrogen-bond donors (Lipinski definition) is 2. The maximum Gasteiger partial charge on any atom is 0.147 e. The molecule has 0 fully saturated rings. The lowest BCUT2D eigenvalue weighted by Gasteiger charge is -2.28. The Bertz CT molecular complexity index is 300. The highest BCUT2D eigenvalue weighted by Crippen LogP contribution is 2.08. The van der Waals surface area contributed by atoms with Gasteiger partial charge in [-0.15, -0.1) is 10.2 Å². The lowest BCUT2D eigenvalue weighted by Crippen LogP contribution is -2.40. The van der Waals surface area contributed by atoms with Crippen molar-refractivity contribution in [3.63, 3.8) is 0 Å². The summed E-state index contributed by atoms with van der Waals surface area (Å²) >= 11 is 0. The topological polar surface area (TPSA) is 80.2 Å². The lowest BCUT2D eigenvalue weighted by atomic mass is 10.3. The van der Waals surface area contributed by atoms with Gasteiger partial charge in [-0.1, -0.05) is 0 Å². The van der Waals surface area contributed by atoms with Gasteiger partial charge in [-0.05, 0) is 0 Å². The normalized spacial score (nSPS) is 19.3. The first-order chi connectivity index (χ1) is 6.79. The molecule has 0 aromatic carbocycles. The molecule has 0 aliphatic carbocycles. The van der Waals surface area contributed by atoms with Crippen LogP contribution < -0.4 is 5.73 Å². The number of aliphatic hydroxyl groups excluding tert-OH is 1. The van der Waals surface area contributed by atoms with E-state index in [0.29, 0.717) is 13.1 Å². The van der Waals surface area contributed by atoms with E-state index in [4.69, 9.17) is 5.73 Å². The molecule has 2 rings (SSSR count). The number of hydrogen-bond acceptors (Lipinski definition) is 5. The van der Waals surface area contributed by atoms with Crippen molar-refractivity contribution in [3.05, 3.63) is 12.2 Å². The molecule has 1 aliphatic heterocycles. The molecule has 14 heavy (non-hydrogen) atoms. The third kappa shape index (κ3) is 1.92. The lowest BCUT2D eigenvalue weighted by molar-refractivity contribution is 0.101. The average Bonchev–Trinajstić information content (AvgIpc) is 2.64. The van der Waals surface area contributed by atoms with E-state index in [0.717, 1.165) is 25.5 Å². The van der Waals surface area contributed by atoms with Crippen molar-refractivity contribution in [1.82, 2.24) is 19.7 Å². The van der Waals surface area contributed by atoms with E-state index >= 15 is 0 Å². The van der Waals surface area contributed by atoms with Crippen molar-refractivity contribution in [3.8, 4) is 0 Å². The zero-order chi connectivity index (χ0) is 9.97. The summed E-state index contributed by atoms with van der Waals surface area (Å²) in [4.78, 5) is 2.14. The van der Waals surface area contributed by atoms with Crippen molar-refractivity contribution in [2.24, 2.45) is 5.73 Å². The largest absolute Gasteiger partial charge is 0.390 e. The van der Waals surface area contributed by atoms with Gasteiger partial charge in [0.25, 0.3) is 0 Å². The van der Waals surface area contributed by atoms with Crippen LogP contribution in [-0.2, 0) is 13.1 Å². The summed E-state index contributed by atoms with van der Waals surface area (Å²) in [5.41, 5.74) is 5.35. The number of rotatable bonds is 3. The average molecular weight is 197 g/mol. The highest BCUT2D eigenvalue weighted by molar-refractivity contribution is 4.90. The molecule has 1 aliphatic rings. The minimum absolute atomic E-state index is 0.309. The highest BCUT2D eigenvalue weighted by Gasteiger charge is 2.18. The van der Waals surface area contributed by atoms with Crippen LogP contribution in [0.1, 0.15) is 5.82 Å². The van der Waals surface area contributed by atoms with Crippen molar-refractivity contribution in [1.29, 1.82) is 0 Å². The molecule has 0 radical (unpaired) electrons. The maximum absolute atomic E-state index is 9.40. The highest BCUT2D eigenvalue weighted by atomic mass is 16.3. The molecule has 0 amide bonds. The molecule has 0 bridgehead atoms. The van der Waals surface area contributed by atoms with Gasteiger partial charge < -0.3 is 15.4 Å². The van der Waals surface area contributed by atoms with Gasteiger partial charge in [-0.3, -0.25) is 4.90 Å². The maximum atomic E-state index is 9.40. The van der Waals surface area contributed by atoms with Gasteiger partial charge in [-0.25, -0.2) is 0 Å². The zero-order valence-corrected chi connectivity index (χ0v) is 8.00. The first-order valence-corrected chi connectivity index (χ1v) is 4.77. The van der Waals surface area contributed by atoms with Crippen LogP contribution in [0, 0.1) is 0 Å². The quantitative estimate of drug-likeness (QED) is 0.611. The molecule has 3 N–H and O–H groups in total. The van der Waals surface area contributed by atoms with Crippen LogP contribution in [0.25, 0.3) is 0 Å². The first kappa shape index (κ1) is 9.57. The van der Waals surface area contributed by atoms with Gasteiger partial charge >= 0.3 is 0 Å². The van der Waals surface area contributed by atoms with Crippen LogP contribution in [0.3, 0.4) is 0 Å². The molecule has 1 atom stereocenters. The van der Waals surface area contributed by atoms with Crippen molar-refractivity contribution >= 4 is 0 Å². The smallest absolute Gasteiger partial charge is 0.147 e. The van der Waals surface area contributed by atoms with Crippen LogP contribution in [0.4, 0.5) is 0 Å². The number of nitrogens with zero attached hydrogens (tertiary/aromatic N) is 4. The molecular weight excluding hydrogens is 182 g/mol. The van der Waals surface area contributed by atoms with E-state index in [1.54, 1.807) is 6.33 Å². The van der Waals surface area contributed by atoms with Crippen LogP contribution in [0.15, 0.2) is 6.33 Å². The summed E-state index contributed by atoms with van der Waals surface area (Å²) in [7, 11) is 0. The van der Waals surface area contributed by atoms with Gasteiger partial charge in [0.05, 0.1) is 12.6 Å². The van der Waals surface area contributed by atoms with E-state index < -0.39 is 6.10 Å². The monoisotopic (exact) mass is 197 g/mol. The van der Waals surface area contributed by atoms with E-state index in [-0.39, 0.29) is 0 Å². The molecule has 6 heteroatoms. The van der Waals surface area contributed by atoms with Gasteiger partial charge in [0.1, 0.15) is 12.2 Å². The van der Waals surface area contributed by atoms with E-state index in [1.807, 2.05) is 4.57 Å². The molecular formula is C8H15N5O. The number of aliphatic hydroxyl groups is 1. The van der Waals surface area contributed by atoms with E-state index in [1.165, 1.54) is 0 Å². The van der Waals surface area contributed by atoms with Gasteiger partial charge in [-0.2, -0.15) is 0 Å². The number of β-amino-alcohol motifs (C(OH)–C–C–N with tert-alkyl or cyclic N) is 1. The SMILES string of the molecule is NCC(O)CN1CCn2cnnc2C1. The Kier molecular flexibility index (Phi) is 2.76. The zero-order valence-electron chi connectivity index (χ0n) is 8.00. The summed E-state index contributed by atoms with van der Waals surface area (Å²) < 4.78 is 2.03. The fourth-order valence-corrected chi connectivity index (χ4v) is 1.64. The number of aromatic nitrogens is 3. The van der Waals surface area contributed by atoms with Crippen LogP contribution in [0.5, 0.6) is 0 Å². The van der Waals surface area contributed by atoms with E-state index in [2.05, 4.69) is 15.1 Å². The Hall–Kier alpha value is -0.980. The Morgan fingerprint density at radius 3 is 3.21 bits per heavy atom. The molecule has 1 unspecified atom stereocenters. The summed E-state index contributed by atoms with van der Waals surface area (Å²) in [5.74, 6) is 0.959. The number of nitrogens with two attached hydrogens (primary N) is 1. The summed E-state index contributed by atoms with van der Waals surface area (Å²) in [6.07, 6.45) is 1.30. The minimum Gasteiger partial charge on any atom is -0.390 e. The summed E-state index contributed by atoms with van der Waals surface area (Å²) in [6.45, 7) is 3.48. The first-order valence-electron chi connectivity index (χ1n) is 4.77. The van der Waals surface area contributed by atoms with Crippen LogP contribution in [0.2, 0.25) is 0 Å². The Morgan fingerprint density at radius 1 is 1.57 bits per heavy atom. The molecule has 0 saturated heterocycles. The second-order valence-corrected chi connectivity index (χ2v) is 3.57. The Morgan fingerprint density at radius 2 is 2.43 bits per heavy atom. The molecule has 2 heterocycles. The molecule has 78 valence electrons.